The summed E-state index contributed by atoms with van der Waals surface area (Å²) in [6.45, 7) is 7.23. The second-order valence-corrected chi connectivity index (χ2v) is 8.01. The first-order valence-electron chi connectivity index (χ1n) is 10.6. The molecule has 1 fully saturated rings. The molecule has 4 rings (SSSR count). The highest BCUT2D eigenvalue weighted by atomic mass is 16.2. The molecule has 5 heteroatoms. The predicted molar refractivity (Wildman–Crippen MR) is 120 cm³/mol. The van der Waals surface area contributed by atoms with E-state index in [1.54, 1.807) is 6.33 Å². The van der Waals surface area contributed by atoms with Crippen molar-refractivity contribution in [2.75, 3.05) is 31.1 Å². The van der Waals surface area contributed by atoms with Gasteiger partial charge in [0.1, 0.15) is 12.1 Å². The van der Waals surface area contributed by atoms with Gasteiger partial charge < -0.3 is 9.80 Å². The van der Waals surface area contributed by atoms with E-state index in [0.29, 0.717) is 6.42 Å². The summed E-state index contributed by atoms with van der Waals surface area (Å²) in [5.74, 6) is 1.38. The molecule has 1 aromatic heterocycles. The van der Waals surface area contributed by atoms with Crippen molar-refractivity contribution in [2.45, 2.75) is 26.2 Å². The molecular formula is C25H28N4O. The van der Waals surface area contributed by atoms with Gasteiger partial charge in [0.2, 0.25) is 5.91 Å². The van der Waals surface area contributed by atoms with Gasteiger partial charge in [-0.05, 0) is 18.4 Å². The van der Waals surface area contributed by atoms with E-state index in [-0.39, 0.29) is 11.8 Å². The topological polar surface area (TPSA) is 49.3 Å². The molecule has 0 aliphatic carbocycles. The van der Waals surface area contributed by atoms with Gasteiger partial charge in [-0.25, -0.2) is 9.97 Å². The van der Waals surface area contributed by atoms with Crippen LogP contribution >= 0.6 is 0 Å². The first-order chi connectivity index (χ1) is 14.6. The van der Waals surface area contributed by atoms with Crippen molar-refractivity contribution >= 4 is 11.7 Å². The highest BCUT2D eigenvalue weighted by Crippen LogP contribution is 2.23. The molecule has 2 heterocycles. The van der Waals surface area contributed by atoms with Gasteiger partial charge in [-0.2, -0.15) is 0 Å². The van der Waals surface area contributed by atoms with E-state index in [9.17, 15) is 4.79 Å². The molecule has 0 spiro atoms. The Hall–Kier alpha value is -3.21. The minimum Gasteiger partial charge on any atom is -0.353 e. The number of piperazine rings is 1. The molecule has 1 atom stereocenters. The summed E-state index contributed by atoms with van der Waals surface area (Å²) in [4.78, 5) is 25.9. The van der Waals surface area contributed by atoms with E-state index in [2.05, 4.69) is 65.1 Å². The minimum atomic E-state index is 0.231. The van der Waals surface area contributed by atoms with Gasteiger partial charge in [0.05, 0.1) is 5.69 Å². The first kappa shape index (κ1) is 20.1. The normalized spacial score (nSPS) is 15.1. The van der Waals surface area contributed by atoms with Crippen molar-refractivity contribution in [1.82, 2.24) is 14.9 Å². The molecule has 5 nitrogen and oxygen atoms in total. The summed E-state index contributed by atoms with van der Waals surface area (Å²) in [7, 11) is 0. The fourth-order valence-corrected chi connectivity index (χ4v) is 3.88. The van der Waals surface area contributed by atoms with Gasteiger partial charge in [-0.3, -0.25) is 4.79 Å². The van der Waals surface area contributed by atoms with E-state index in [1.165, 1.54) is 11.1 Å². The number of benzene rings is 2. The molecule has 3 aromatic rings. The molecule has 1 aliphatic rings. The number of anilines is 1. The Bertz CT molecular complexity index is 980. The quantitative estimate of drug-likeness (QED) is 0.641. The van der Waals surface area contributed by atoms with E-state index in [4.69, 9.17) is 0 Å². The molecule has 0 bridgehead atoms. The van der Waals surface area contributed by atoms with Gasteiger partial charge in [0.25, 0.3) is 0 Å². The van der Waals surface area contributed by atoms with Crippen molar-refractivity contribution in [3.05, 3.63) is 78.1 Å². The van der Waals surface area contributed by atoms with Crippen LogP contribution in [0.3, 0.4) is 0 Å². The van der Waals surface area contributed by atoms with Crippen LogP contribution in [0.4, 0.5) is 5.82 Å². The third-order valence-electron chi connectivity index (χ3n) is 5.81. The maximum absolute atomic E-state index is 12.8. The largest absolute Gasteiger partial charge is 0.353 e. The van der Waals surface area contributed by atoms with E-state index in [1.807, 2.05) is 29.2 Å². The Morgan fingerprint density at radius 1 is 0.967 bits per heavy atom. The zero-order chi connectivity index (χ0) is 20.9. The molecule has 2 aromatic carbocycles. The number of hydrogen-bond donors (Lipinski definition) is 0. The van der Waals surface area contributed by atoms with Crippen molar-refractivity contribution in [2.24, 2.45) is 0 Å². The lowest BCUT2D eigenvalue weighted by Gasteiger charge is -2.36. The fraction of sp³-hybridized carbons (Fsp3) is 0.320. The van der Waals surface area contributed by atoms with Crippen molar-refractivity contribution in [3.63, 3.8) is 0 Å². The number of amides is 1. The Morgan fingerprint density at radius 2 is 1.67 bits per heavy atom. The third-order valence-corrected chi connectivity index (χ3v) is 5.81. The molecular weight excluding hydrogens is 372 g/mol. The SMILES string of the molecule is Cc1ccc(-c2cc(N3CCN(C(=O)CC(C)c4ccccc4)CC3)ncn2)cc1. The van der Waals surface area contributed by atoms with Crippen LogP contribution < -0.4 is 4.90 Å². The van der Waals surface area contributed by atoms with Gasteiger partial charge in [-0.1, -0.05) is 67.1 Å². The summed E-state index contributed by atoms with van der Waals surface area (Å²) in [5, 5.41) is 0. The molecule has 0 N–H and O–H groups in total. The van der Waals surface area contributed by atoms with Crippen LogP contribution in [0.1, 0.15) is 30.4 Å². The van der Waals surface area contributed by atoms with Crippen molar-refractivity contribution in [3.8, 4) is 11.3 Å². The predicted octanol–water partition coefficient (Wildman–Crippen LogP) is 4.29. The average molecular weight is 401 g/mol. The second-order valence-electron chi connectivity index (χ2n) is 8.01. The zero-order valence-corrected chi connectivity index (χ0v) is 17.7. The van der Waals surface area contributed by atoms with Gasteiger partial charge in [-0.15, -0.1) is 0 Å². The number of aryl methyl sites for hydroxylation is 1. The van der Waals surface area contributed by atoms with E-state index < -0.39 is 0 Å². The summed E-state index contributed by atoms with van der Waals surface area (Å²) >= 11 is 0. The van der Waals surface area contributed by atoms with Gasteiger partial charge >= 0.3 is 0 Å². The van der Waals surface area contributed by atoms with Crippen LogP contribution in [0, 0.1) is 6.92 Å². The number of hydrogen-bond acceptors (Lipinski definition) is 4. The van der Waals surface area contributed by atoms with Crippen LogP contribution in [0.15, 0.2) is 67.0 Å². The Morgan fingerprint density at radius 3 is 2.37 bits per heavy atom. The van der Waals surface area contributed by atoms with Crippen molar-refractivity contribution < 1.29 is 4.79 Å². The summed E-state index contributed by atoms with van der Waals surface area (Å²) < 4.78 is 0. The number of aromatic nitrogens is 2. The lowest BCUT2D eigenvalue weighted by Crippen LogP contribution is -2.49. The monoisotopic (exact) mass is 400 g/mol. The Labute approximate surface area is 178 Å². The molecule has 1 amide bonds. The van der Waals surface area contributed by atoms with E-state index >= 15 is 0 Å². The lowest BCUT2D eigenvalue weighted by molar-refractivity contribution is -0.131. The van der Waals surface area contributed by atoms with Crippen LogP contribution in [-0.4, -0.2) is 47.0 Å². The van der Waals surface area contributed by atoms with Crippen LogP contribution in [0.5, 0.6) is 0 Å². The standard InChI is InChI=1S/C25H28N4O/c1-19-8-10-22(11-9-19)23-17-24(27-18-26-23)28-12-14-29(15-13-28)25(30)16-20(2)21-6-4-3-5-7-21/h3-11,17-18,20H,12-16H2,1-2H3. The fourth-order valence-electron chi connectivity index (χ4n) is 3.88. The lowest BCUT2D eigenvalue weighted by atomic mass is 9.97. The third kappa shape index (κ3) is 4.67. The number of carbonyl (C=O) groups is 1. The second kappa shape index (κ2) is 9.08. The Kier molecular flexibility index (Phi) is 6.07. The summed E-state index contributed by atoms with van der Waals surface area (Å²) in [6.07, 6.45) is 2.18. The highest BCUT2D eigenvalue weighted by Gasteiger charge is 2.23. The first-order valence-corrected chi connectivity index (χ1v) is 10.6. The number of carbonyl (C=O) groups excluding carboxylic acids is 1. The number of nitrogens with zero attached hydrogens (tertiary/aromatic N) is 4. The maximum atomic E-state index is 12.8. The van der Waals surface area contributed by atoms with Crippen molar-refractivity contribution in [1.29, 1.82) is 0 Å². The maximum Gasteiger partial charge on any atom is 0.223 e. The molecule has 1 saturated heterocycles. The molecule has 1 aliphatic heterocycles. The smallest absolute Gasteiger partial charge is 0.223 e. The molecule has 1 unspecified atom stereocenters. The average Bonchev–Trinajstić information content (AvgIpc) is 2.80. The van der Waals surface area contributed by atoms with Crippen LogP contribution in [0.2, 0.25) is 0 Å². The number of rotatable bonds is 5. The molecule has 0 radical (unpaired) electrons. The summed E-state index contributed by atoms with van der Waals surface area (Å²) in [6, 6.07) is 20.7. The van der Waals surface area contributed by atoms with Gasteiger partial charge in [0.15, 0.2) is 0 Å². The van der Waals surface area contributed by atoms with Crippen LogP contribution in [0.25, 0.3) is 11.3 Å². The molecule has 154 valence electrons. The highest BCUT2D eigenvalue weighted by molar-refractivity contribution is 5.77. The van der Waals surface area contributed by atoms with Crippen LogP contribution in [-0.2, 0) is 4.79 Å². The minimum absolute atomic E-state index is 0.231. The van der Waals surface area contributed by atoms with E-state index in [0.717, 1.165) is 43.3 Å². The molecule has 30 heavy (non-hydrogen) atoms. The summed E-state index contributed by atoms with van der Waals surface area (Å²) in [5.41, 5.74) is 4.47. The molecule has 0 saturated carbocycles. The zero-order valence-electron chi connectivity index (χ0n) is 17.7. The Balaban J connectivity index is 1.36. The van der Waals surface area contributed by atoms with Gasteiger partial charge in [0, 0.05) is 44.2 Å².